The number of rotatable bonds is 6. The predicted molar refractivity (Wildman–Crippen MR) is 94.6 cm³/mol. The van der Waals surface area contributed by atoms with Crippen molar-refractivity contribution >= 4 is 11.7 Å². The molecule has 0 aliphatic rings. The molecule has 0 radical (unpaired) electrons. The molecule has 0 fully saturated rings. The molecule has 0 spiro atoms. The molecule has 0 saturated heterocycles. The minimum absolute atomic E-state index is 0.121. The lowest BCUT2D eigenvalue weighted by molar-refractivity contribution is 0.352. The number of methoxy groups -OCH3 is 2. The van der Waals surface area contributed by atoms with Gasteiger partial charge in [0.2, 0.25) is 5.95 Å². The molecule has 3 aromatic rings. The van der Waals surface area contributed by atoms with Crippen molar-refractivity contribution < 1.29 is 9.47 Å². The molecule has 2 aromatic heterocycles. The summed E-state index contributed by atoms with van der Waals surface area (Å²) in [5.41, 5.74) is 2.18. The van der Waals surface area contributed by atoms with Crippen molar-refractivity contribution in [2.24, 2.45) is 0 Å². The monoisotopic (exact) mass is 343 g/mol. The van der Waals surface area contributed by atoms with E-state index in [2.05, 4.69) is 20.4 Å². The lowest BCUT2D eigenvalue weighted by atomic mass is 10.2. The van der Waals surface area contributed by atoms with Gasteiger partial charge < -0.3 is 14.8 Å². The third kappa shape index (κ3) is 3.02. The Balaban J connectivity index is 1.90. The van der Waals surface area contributed by atoms with Gasteiger partial charge in [-0.3, -0.25) is 9.89 Å². The molecule has 2 heterocycles. The number of fused-ring (bicyclic) bond motifs is 1. The Kier molecular flexibility index (Phi) is 4.60. The Morgan fingerprint density at radius 1 is 1.24 bits per heavy atom. The van der Waals surface area contributed by atoms with Gasteiger partial charge in [0.25, 0.3) is 11.3 Å². The summed E-state index contributed by atoms with van der Waals surface area (Å²) in [6.07, 6.45) is 0.628. The van der Waals surface area contributed by atoms with Crippen molar-refractivity contribution in [2.75, 3.05) is 19.5 Å². The van der Waals surface area contributed by atoms with Crippen LogP contribution < -0.4 is 20.3 Å². The Labute approximate surface area is 144 Å². The topological polar surface area (TPSA) is 93.5 Å². The van der Waals surface area contributed by atoms with Gasteiger partial charge in [-0.2, -0.15) is 9.50 Å². The van der Waals surface area contributed by atoms with Gasteiger partial charge in [-0.25, -0.2) is 4.98 Å². The second-order valence-corrected chi connectivity index (χ2v) is 5.55. The van der Waals surface area contributed by atoms with Gasteiger partial charge in [0.1, 0.15) is 0 Å². The molecule has 0 unspecified atom stereocenters. The van der Waals surface area contributed by atoms with Crippen LogP contribution in [0.1, 0.15) is 23.7 Å². The number of ether oxygens (including phenoxy) is 2. The number of aromatic nitrogens is 4. The van der Waals surface area contributed by atoms with E-state index in [4.69, 9.17) is 9.47 Å². The fourth-order valence-corrected chi connectivity index (χ4v) is 2.81. The zero-order valence-electron chi connectivity index (χ0n) is 14.7. The number of nitrogens with zero attached hydrogens (tertiary/aromatic N) is 3. The summed E-state index contributed by atoms with van der Waals surface area (Å²) in [5, 5.41) is 6.11. The molecule has 3 rings (SSSR count). The minimum atomic E-state index is -0.121. The first kappa shape index (κ1) is 16.8. The number of aromatic amines is 1. The Bertz CT molecular complexity index is 961. The van der Waals surface area contributed by atoms with Crippen molar-refractivity contribution in [3.63, 3.8) is 0 Å². The van der Waals surface area contributed by atoms with E-state index in [-0.39, 0.29) is 5.56 Å². The van der Waals surface area contributed by atoms with E-state index in [9.17, 15) is 4.79 Å². The maximum atomic E-state index is 12.4. The van der Waals surface area contributed by atoms with Crippen molar-refractivity contribution in [1.82, 2.24) is 19.6 Å². The third-order valence-electron chi connectivity index (χ3n) is 4.08. The SMILES string of the molecule is CCc1c(C)nc2nc(NCc3cccc(OC)c3OC)[nH]n2c1=O. The van der Waals surface area contributed by atoms with Gasteiger partial charge in [-0.05, 0) is 19.4 Å². The standard InChI is InChI=1S/C17H21N5O3/c1-5-12-10(2)19-17-20-16(21-22(17)15(12)23)18-9-11-7-6-8-13(24-3)14(11)25-4/h6-8H,5,9H2,1-4H3,(H2,18,19,20,21). The van der Waals surface area contributed by atoms with Crippen molar-refractivity contribution in [3.05, 3.63) is 45.4 Å². The van der Waals surface area contributed by atoms with E-state index in [0.29, 0.717) is 47.4 Å². The maximum Gasteiger partial charge on any atom is 0.277 e. The van der Waals surface area contributed by atoms with E-state index >= 15 is 0 Å². The highest BCUT2D eigenvalue weighted by atomic mass is 16.5. The molecule has 0 aliphatic heterocycles. The van der Waals surface area contributed by atoms with Gasteiger partial charge in [0, 0.05) is 17.7 Å². The smallest absolute Gasteiger partial charge is 0.277 e. The number of benzene rings is 1. The predicted octanol–water partition coefficient (Wildman–Crippen LogP) is 1.92. The molecular formula is C17H21N5O3. The van der Waals surface area contributed by atoms with Crippen LogP contribution in [0.15, 0.2) is 23.0 Å². The quantitative estimate of drug-likeness (QED) is 0.710. The minimum Gasteiger partial charge on any atom is -0.493 e. The summed E-state index contributed by atoms with van der Waals surface area (Å²) in [6, 6.07) is 5.66. The van der Waals surface area contributed by atoms with Crippen LogP contribution in [0.2, 0.25) is 0 Å². The summed E-state index contributed by atoms with van der Waals surface area (Å²) in [4.78, 5) is 21.2. The van der Waals surface area contributed by atoms with Gasteiger partial charge in [0.05, 0.1) is 19.9 Å². The third-order valence-corrected chi connectivity index (χ3v) is 4.08. The van der Waals surface area contributed by atoms with Crippen LogP contribution in [0.5, 0.6) is 11.5 Å². The maximum absolute atomic E-state index is 12.4. The van der Waals surface area contributed by atoms with Crippen LogP contribution in [0, 0.1) is 6.92 Å². The Morgan fingerprint density at radius 3 is 2.72 bits per heavy atom. The van der Waals surface area contributed by atoms with Crippen LogP contribution in [0.4, 0.5) is 5.95 Å². The molecule has 0 saturated carbocycles. The van der Waals surface area contributed by atoms with Crippen LogP contribution in [0.3, 0.4) is 0 Å². The largest absolute Gasteiger partial charge is 0.493 e. The number of anilines is 1. The number of hydrogen-bond donors (Lipinski definition) is 2. The second-order valence-electron chi connectivity index (χ2n) is 5.55. The number of aryl methyl sites for hydroxylation is 1. The lowest BCUT2D eigenvalue weighted by Gasteiger charge is -2.12. The van der Waals surface area contributed by atoms with E-state index in [1.807, 2.05) is 32.0 Å². The van der Waals surface area contributed by atoms with Gasteiger partial charge in [-0.15, -0.1) is 0 Å². The van der Waals surface area contributed by atoms with Crippen molar-refractivity contribution in [1.29, 1.82) is 0 Å². The van der Waals surface area contributed by atoms with Crippen LogP contribution in [-0.2, 0) is 13.0 Å². The molecule has 1 aromatic carbocycles. The molecule has 0 atom stereocenters. The zero-order chi connectivity index (χ0) is 18.0. The average Bonchev–Trinajstić information content (AvgIpc) is 3.02. The highest BCUT2D eigenvalue weighted by Gasteiger charge is 2.13. The number of nitrogens with one attached hydrogen (secondary N) is 2. The highest BCUT2D eigenvalue weighted by Crippen LogP contribution is 2.30. The molecule has 8 nitrogen and oxygen atoms in total. The number of para-hydroxylation sites is 1. The van der Waals surface area contributed by atoms with E-state index in [1.165, 1.54) is 4.52 Å². The Hall–Kier alpha value is -3.03. The summed E-state index contributed by atoms with van der Waals surface area (Å²) < 4.78 is 12.1. The summed E-state index contributed by atoms with van der Waals surface area (Å²) in [6.45, 7) is 4.21. The molecule has 2 N–H and O–H groups in total. The molecule has 25 heavy (non-hydrogen) atoms. The normalized spacial score (nSPS) is 10.9. The first-order valence-corrected chi connectivity index (χ1v) is 8.01. The highest BCUT2D eigenvalue weighted by molar-refractivity contribution is 5.48. The van der Waals surface area contributed by atoms with Crippen molar-refractivity contribution in [2.45, 2.75) is 26.8 Å². The number of hydrogen-bond acceptors (Lipinski definition) is 6. The first-order valence-electron chi connectivity index (χ1n) is 8.01. The molecule has 0 bridgehead atoms. The van der Waals surface area contributed by atoms with Crippen LogP contribution >= 0.6 is 0 Å². The van der Waals surface area contributed by atoms with E-state index < -0.39 is 0 Å². The summed E-state index contributed by atoms with van der Waals surface area (Å²) in [5.74, 6) is 2.13. The lowest BCUT2D eigenvalue weighted by Crippen LogP contribution is -2.21. The van der Waals surface area contributed by atoms with Crippen LogP contribution in [0.25, 0.3) is 5.78 Å². The van der Waals surface area contributed by atoms with Gasteiger partial charge in [-0.1, -0.05) is 19.1 Å². The van der Waals surface area contributed by atoms with Crippen molar-refractivity contribution in [3.8, 4) is 11.5 Å². The van der Waals surface area contributed by atoms with E-state index in [0.717, 1.165) is 5.56 Å². The Morgan fingerprint density at radius 2 is 2.04 bits per heavy atom. The van der Waals surface area contributed by atoms with E-state index in [1.54, 1.807) is 14.2 Å². The summed E-state index contributed by atoms with van der Waals surface area (Å²) in [7, 11) is 3.20. The number of H-pyrrole nitrogens is 1. The molecule has 132 valence electrons. The summed E-state index contributed by atoms with van der Waals surface area (Å²) >= 11 is 0. The average molecular weight is 343 g/mol. The van der Waals surface area contributed by atoms with Gasteiger partial charge in [0.15, 0.2) is 11.5 Å². The molecule has 8 heteroatoms. The van der Waals surface area contributed by atoms with Crippen LogP contribution in [-0.4, -0.2) is 33.8 Å². The fraction of sp³-hybridized carbons (Fsp3) is 0.353. The fourth-order valence-electron chi connectivity index (χ4n) is 2.81. The first-order chi connectivity index (χ1) is 12.1. The zero-order valence-corrected chi connectivity index (χ0v) is 14.7. The molecule has 0 amide bonds. The second kappa shape index (κ2) is 6.84. The molecular weight excluding hydrogens is 322 g/mol. The van der Waals surface area contributed by atoms with Gasteiger partial charge >= 0.3 is 0 Å². The molecule has 0 aliphatic carbocycles.